The monoisotopic (exact) mass is 550 g/mol. The molecule has 1 aromatic heterocycles. The first kappa shape index (κ1) is 35.1. The standard InChI is InChI=1S/C25H34N4O2S.C3H5F.2H2O/c1-6-8-14-32-15-9-19-20(24(30)27-21(19)7-2)16-22-17(3)23(18(4)26-22)25(31)29-12-10-28(5)11-13-29;1-2-3-4;;/h6-9,16,26H,10-15H2,1-5H3,(H,27,30);2H,1,3H2;2*1H2/b8-6+,19-9-,20-16-,21-7+;;;. The zero-order valence-electron chi connectivity index (χ0n) is 23.1. The van der Waals surface area contributed by atoms with Crippen molar-refractivity contribution in [1.82, 2.24) is 20.1 Å². The fourth-order valence-electron chi connectivity index (χ4n) is 4.04. The number of amides is 2. The zero-order chi connectivity index (χ0) is 26.7. The topological polar surface area (TPSA) is 131 Å². The van der Waals surface area contributed by atoms with Crippen molar-refractivity contribution in [3.63, 3.8) is 0 Å². The number of halogens is 1. The van der Waals surface area contributed by atoms with E-state index in [0.29, 0.717) is 5.57 Å². The van der Waals surface area contributed by atoms with Crippen molar-refractivity contribution >= 4 is 29.7 Å². The Kier molecular flexibility index (Phi) is 16.2. The third-order valence-corrected chi connectivity index (χ3v) is 6.93. The highest BCUT2D eigenvalue weighted by Crippen LogP contribution is 2.30. The van der Waals surface area contributed by atoms with Crippen molar-refractivity contribution in [3.05, 3.63) is 76.3 Å². The molecule has 38 heavy (non-hydrogen) atoms. The second-order valence-corrected chi connectivity index (χ2v) is 9.72. The number of likely N-dealkylation sites (N-methyl/N-ethyl adjacent to an activating group) is 1. The molecule has 2 amide bonds. The van der Waals surface area contributed by atoms with Gasteiger partial charge in [0, 0.05) is 60.3 Å². The maximum absolute atomic E-state index is 13.2. The summed E-state index contributed by atoms with van der Waals surface area (Å²) in [5, 5.41) is 2.96. The van der Waals surface area contributed by atoms with Gasteiger partial charge in [-0.15, -0.1) is 6.58 Å². The first-order valence-electron chi connectivity index (χ1n) is 12.2. The first-order valence-corrected chi connectivity index (χ1v) is 13.4. The number of hydrogen-bond donors (Lipinski definition) is 2. The SMILES string of the molecule is C/C=C/CSC/C=C1C(=C/c2[nH]c(C)c(C(=O)N3CCN(C)CC3)c2C)/C(=O)NC/1=C/C.C=CCF.O.O. The van der Waals surface area contributed by atoms with Gasteiger partial charge >= 0.3 is 0 Å². The van der Waals surface area contributed by atoms with Gasteiger partial charge in [0.15, 0.2) is 0 Å². The van der Waals surface area contributed by atoms with Gasteiger partial charge in [0.2, 0.25) is 0 Å². The van der Waals surface area contributed by atoms with E-state index >= 15 is 0 Å². The number of piperazine rings is 1. The zero-order valence-corrected chi connectivity index (χ0v) is 23.9. The third-order valence-electron chi connectivity index (χ3n) is 6.10. The minimum atomic E-state index is -0.417. The van der Waals surface area contributed by atoms with E-state index in [2.05, 4.69) is 41.0 Å². The molecule has 0 atom stereocenters. The van der Waals surface area contributed by atoms with Gasteiger partial charge in [-0.2, -0.15) is 11.8 Å². The summed E-state index contributed by atoms with van der Waals surface area (Å²) < 4.78 is 10.6. The van der Waals surface area contributed by atoms with Crippen LogP contribution in [0.5, 0.6) is 0 Å². The molecule has 0 unspecified atom stereocenters. The van der Waals surface area contributed by atoms with Crippen LogP contribution in [0.1, 0.15) is 41.2 Å². The van der Waals surface area contributed by atoms with Gasteiger partial charge in [0.25, 0.3) is 11.8 Å². The van der Waals surface area contributed by atoms with Crippen molar-refractivity contribution in [1.29, 1.82) is 0 Å². The lowest BCUT2D eigenvalue weighted by Gasteiger charge is -2.32. The Morgan fingerprint density at radius 1 is 1.11 bits per heavy atom. The van der Waals surface area contributed by atoms with Crippen LogP contribution in [0.25, 0.3) is 6.08 Å². The van der Waals surface area contributed by atoms with Gasteiger partial charge in [-0.1, -0.05) is 30.4 Å². The molecule has 0 radical (unpaired) electrons. The molecule has 1 aromatic rings. The van der Waals surface area contributed by atoms with Crippen LogP contribution in [0.3, 0.4) is 0 Å². The molecule has 6 N–H and O–H groups in total. The van der Waals surface area contributed by atoms with Gasteiger partial charge in [0.1, 0.15) is 6.67 Å². The van der Waals surface area contributed by atoms with E-state index in [0.717, 1.165) is 71.5 Å². The molecule has 0 spiro atoms. The molecule has 0 saturated carbocycles. The summed E-state index contributed by atoms with van der Waals surface area (Å²) in [6.45, 7) is 13.8. The fourth-order valence-corrected chi connectivity index (χ4v) is 4.79. The Morgan fingerprint density at radius 3 is 2.29 bits per heavy atom. The first-order chi connectivity index (χ1) is 17.3. The largest absolute Gasteiger partial charge is 0.412 e. The molecule has 2 aliphatic rings. The van der Waals surface area contributed by atoms with Crippen LogP contribution >= 0.6 is 11.8 Å². The molecule has 2 fully saturated rings. The number of nitrogens with one attached hydrogen (secondary N) is 2. The highest BCUT2D eigenvalue weighted by molar-refractivity contribution is 7.99. The summed E-state index contributed by atoms with van der Waals surface area (Å²) in [7, 11) is 2.08. The predicted molar refractivity (Wildman–Crippen MR) is 157 cm³/mol. The molecular formula is C28H43FN4O4S. The number of carbonyl (C=O) groups is 2. The molecular weight excluding hydrogens is 507 g/mol. The Balaban J connectivity index is 0.00000213. The Hall–Kier alpha value is -2.92. The number of alkyl halides is 1. The van der Waals surface area contributed by atoms with E-state index in [1.165, 1.54) is 6.08 Å². The lowest BCUT2D eigenvalue weighted by molar-refractivity contribution is -0.115. The van der Waals surface area contributed by atoms with Gasteiger partial charge in [-0.3, -0.25) is 9.59 Å². The molecule has 2 aliphatic heterocycles. The number of nitrogens with zero attached hydrogens (tertiary/aromatic N) is 2. The minimum Gasteiger partial charge on any atom is -0.412 e. The van der Waals surface area contributed by atoms with Crippen LogP contribution < -0.4 is 5.32 Å². The number of allylic oxidation sites excluding steroid dienone is 4. The molecule has 10 heteroatoms. The van der Waals surface area contributed by atoms with Crippen molar-refractivity contribution in [2.75, 3.05) is 51.4 Å². The smallest absolute Gasteiger partial charge is 0.256 e. The van der Waals surface area contributed by atoms with E-state index < -0.39 is 6.67 Å². The van der Waals surface area contributed by atoms with E-state index in [-0.39, 0.29) is 22.8 Å². The number of aryl methyl sites for hydroxylation is 1. The summed E-state index contributed by atoms with van der Waals surface area (Å²) in [4.78, 5) is 33.5. The highest BCUT2D eigenvalue weighted by atomic mass is 32.2. The predicted octanol–water partition coefficient (Wildman–Crippen LogP) is 3.16. The summed E-state index contributed by atoms with van der Waals surface area (Å²) in [6, 6.07) is 0. The molecule has 212 valence electrons. The number of thioether (sulfide) groups is 1. The normalized spacial score (nSPS) is 18.7. The van der Waals surface area contributed by atoms with Crippen LogP contribution in [-0.2, 0) is 4.79 Å². The van der Waals surface area contributed by atoms with Gasteiger partial charge in [-0.05, 0) is 46.4 Å². The minimum absolute atomic E-state index is 0. The fraction of sp³-hybridized carbons (Fsp3) is 0.429. The Bertz CT molecular complexity index is 1070. The maximum Gasteiger partial charge on any atom is 0.256 e. The maximum atomic E-state index is 13.2. The van der Waals surface area contributed by atoms with Crippen molar-refractivity contribution < 1.29 is 24.9 Å². The van der Waals surface area contributed by atoms with Gasteiger partial charge < -0.3 is 31.1 Å². The Morgan fingerprint density at radius 2 is 1.74 bits per heavy atom. The van der Waals surface area contributed by atoms with E-state index in [1.807, 2.05) is 50.8 Å². The van der Waals surface area contributed by atoms with E-state index in [1.54, 1.807) is 11.8 Å². The number of hydrogen-bond acceptors (Lipinski definition) is 4. The van der Waals surface area contributed by atoms with Crippen molar-refractivity contribution in [2.45, 2.75) is 27.7 Å². The van der Waals surface area contributed by atoms with Crippen LogP contribution in [-0.4, -0.2) is 89.0 Å². The number of carbonyl (C=O) groups excluding carboxylic acids is 2. The number of aromatic nitrogens is 1. The number of rotatable bonds is 7. The van der Waals surface area contributed by atoms with Crippen molar-refractivity contribution in [3.8, 4) is 0 Å². The average molecular weight is 551 g/mol. The summed E-state index contributed by atoms with van der Waals surface area (Å²) in [5.74, 6) is 1.72. The summed E-state index contributed by atoms with van der Waals surface area (Å²) >= 11 is 1.80. The second-order valence-electron chi connectivity index (χ2n) is 8.64. The second kappa shape index (κ2) is 17.6. The van der Waals surface area contributed by atoms with E-state index in [4.69, 9.17) is 0 Å². The number of aromatic amines is 1. The molecule has 3 heterocycles. The quantitative estimate of drug-likeness (QED) is 0.307. The third kappa shape index (κ3) is 9.13. The molecule has 8 nitrogen and oxygen atoms in total. The molecule has 0 aromatic carbocycles. The number of H-pyrrole nitrogens is 1. The van der Waals surface area contributed by atoms with Crippen molar-refractivity contribution in [2.24, 2.45) is 0 Å². The summed E-state index contributed by atoms with van der Waals surface area (Å²) in [5.41, 5.74) is 5.66. The lowest BCUT2D eigenvalue weighted by Crippen LogP contribution is -2.47. The van der Waals surface area contributed by atoms with Crippen LogP contribution in [0.2, 0.25) is 0 Å². The van der Waals surface area contributed by atoms with E-state index in [9.17, 15) is 14.0 Å². The van der Waals surface area contributed by atoms with Crippen LogP contribution in [0.4, 0.5) is 4.39 Å². The Labute approximate surface area is 230 Å². The molecule has 3 rings (SSSR count). The molecule has 0 aliphatic carbocycles. The van der Waals surface area contributed by atoms with Gasteiger partial charge in [-0.25, -0.2) is 4.39 Å². The summed E-state index contributed by atoms with van der Waals surface area (Å²) in [6.07, 6.45) is 11.3. The average Bonchev–Trinajstić information content (AvgIpc) is 3.33. The van der Waals surface area contributed by atoms with Crippen LogP contribution in [0.15, 0.2) is 53.8 Å². The van der Waals surface area contributed by atoms with Crippen LogP contribution in [0, 0.1) is 13.8 Å². The van der Waals surface area contributed by atoms with Gasteiger partial charge in [0.05, 0.1) is 11.1 Å². The molecule has 0 bridgehead atoms. The highest BCUT2D eigenvalue weighted by Gasteiger charge is 2.29. The lowest BCUT2D eigenvalue weighted by atomic mass is 10.0. The molecule has 2 saturated heterocycles.